The molecule has 1 aromatic heterocycles. The van der Waals surface area contributed by atoms with Crippen molar-refractivity contribution in [1.82, 2.24) is 9.78 Å². The molecule has 0 saturated heterocycles. The number of halogens is 6. The zero-order valence-corrected chi connectivity index (χ0v) is 10.8. The molecule has 0 fully saturated rings. The van der Waals surface area contributed by atoms with Crippen molar-refractivity contribution in [2.24, 2.45) is 0 Å². The number of aromatic nitrogens is 2. The third-order valence-electron chi connectivity index (χ3n) is 3.33. The molecule has 1 aliphatic heterocycles. The quantitative estimate of drug-likeness (QED) is 0.594. The lowest BCUT2D eigenvalue weighted by Gasteiger charge is -2.15. The number of fused-ring (bicyclic) bond motifs is 1. The van der Waals surface area contributed by atoms with Crippen molar-refractivity contribution in [1.29, 1.82) is 0 Å². The number of benzene rings is 1. The summed E-state index contributed by atoms with van der Waals surface area (Å²) in [5, 5.41) is 3.35. The molecular formula is C13H8F6N2O. The summed E-state index contributed by atoms with van der Waals surface area (Å²) < 4.78 is 84.7. The molecule has 0 saturated carbocycles. The summed E-state index contributed by atoms with van der Waals surface area (Å²) >= 11 is 0. The molecule has 0 aliphatic carbocycles. The maximum absolute atomic E-state index is 13.8. The lowest BCUT2D eigenvalue weighted by Crippen LogP contribution is -2.15. The average molecular weight is 322 g/mol. The number of rotatable bonds is 1. The van der Waals surface area contributed by atoms with E-state index < -0.39 is 35.0 Å². The zero-order valence-electron chi connectivity index (χ0n) is 10.8. The van der Waals surface area contributed by atoms with E-state index >= 15 is 0 Å². The topological polar surface area (TPSA) is 27.1 Å². The van der Waals surface area contributed by atoms with Crippen LogP contribution in [-0.4, -0.2) is 16.4 Å². The van der Waals surface area contributed by atoms with Crippen LogP contribution in [0.1, 0.15) is 17.0 Å². The van der Waals surface area contributed by atoms with Crippen LogP contribution >= 0.6 is 0 Å². The predicted molar refractivity (Wildman–Crippen MR) is 61.8 cm³/mol. The van der Waals surface area contributed by atoms with Gasteiger partial charge in [-0.15, -0.1) is 0 Å². The second kappa shape index (κ2) is 5.01. The van der Waals surface area contributed by atoms with Gasteiger partial charge in [-0.05, 0) is 12.1 Å². The summed E-state index contributed by atoms with van der Waals surface area (Å²) in [6.45, 7) is -0.198. The van der Waals surface area contributed by atoms with E-state index in [-0.39, 0.29) is 30.9 Å². The van der Waals surface area contributed by atoms with E-state index in [4.69, 9.17) is 4.74 Å². The van der Waals surface area contributed by atoms with E-state index in [0.29, 0.717) is 10.7 Å². The van der Waals surface area contributed by atoms with Crippen LogP contribution in [0.2, 0.25) is 0 Å². The molecule has 3 nitrogen and oxygen atoms in total. The highest BCUT2D eigenvalue weighted by Crippen LogP contribution is 2.36. The van der Waals surface area contributed by atoms with Crippen LogP contribution in [0.25, 0.3) is 5.69 Å². The fraction of sp³-hybridized carbons (Fsp3) is 0.308. The van der Waals surface area contributed by atoms with Gasteiger partial charge >= 0.3 is 6.18 Å². The maximum Gasteiger partial charge on any atom is 0.435 e. The summed E-state index contributed by atoms with van der Waals surface area (Å²) in [5.41, 5.74) is -1.94. The molecule has 0 spiro atoms. The van der Waals surface area contributed by atoms with Gasteiger partial charge in [0, 0.05) is 12.0 Å². The summed E-state index contributed by atoms with van der Waals surface area (Å²) in [4.78, 5) is 0. The molecule has 118 valence electrons. The van der Waals surface area contributed by atoms with Gasteiger partial charge in [-0.25, -0.2) is 17.9 Å². The van der Waals surface area contributed by atoms with E-state index in [0.717, 1.165) is 6.07 Å². The van der Waals surface area contributed by atoms with Crippen molar-refractivity contribution in [3.63, 3.8) is 0 Å². The highest BCUT2D eigenvalue weighted by atomic mass is 19.4. The van der Waals surface area contributed by atoms with Crippen molar-refractivity contribution >= 4 is 0 Å². The Hall–Kier alpha value is -2.03. The molecule has 2 heterocycles. The number of hydrogen-bond donors (Lipinski definition) is 0. The molecular weight excluding hydrogens is 314 g/mol. The summed E-state index contributed by atoms with van der Waals surface area (Å²) in [6, 6.07) is 1.48. The monoisotopic (exact) mass is 322 g/mol. The first-order chi connectivity index (χ1) is 10.3. The number of alkyl halides is 3. The maximum atomic E-state index is 13.8. The van der Waals surface area contributed by atoms with Crippen molar-refractivity contribution in [2.45, 2.75) is 19.2 Å². The van der Waals surface area contributed by atoms with Crippen molar-refractivity contribution in [2.75, 3.05) is 6.61 Å². The molecule has 0 radical (unpaired) electrons. The number of hydrogen-bond acceptors (Lipinski definition) is 2. The molecule has 0 bridgehead atoms. The average Bonchev–Trinajstić information content (AvgIpc) is 2.85. The fourth-order valence-electron chi connectivity index (χ4n) is 2.34. The van der Waals surface area contributed by atoms with Gasteiger partial charge in [-0.2, -0.15) is 18.3 Å². The van der Waals surface area contributed by atoms with Crippen molar-refractivity contribution in [3.8, 4) is 5.69 Å². The number of ether oxygens (including phenoxy) is 1. The van der Waals surface area contributed by atoms with Crippen LogP contribution in [0, 0.1) is 17.5 Å². The Morgan fingerprint density at radius 1 is 1.09 bits per heavy atom. The zero-order chi connectivity index (χ0) is 16.1. The van der Waals surface area contributed by atoms with Gasteiger partial charge in [0.05, 0.1) is 18.9 Å². The minimum absolute atomic E-state index is 0.0524. The minimum Gasteiger partial charge on any atom is -0.376 e. The Morgan fingerprint density at radius 2 is 1.82 bits per heavy atom. The molecule has 0 unspecified atom stereocenters. The molecule has 22 heavy (non-hydrogen) atoms. The molecule has 1 aliphatic rings. The SMILES string of the molecule is Fc1ccc(-n2nc(C(F)(F)F)c3c2CCOC3)c(F)c1F. The molecule has 2 aromatic rings. The van der Waals surface area contributed by atoms with E-state index in [1.54, 1.807) is 0 Å². The van der Waals surface area contributed by atoms with E-state index in [1.165, 1.54) is 0 Å². The third kappa shape index (κ3) is 2.25. The molecule has 9 heteroatoms. The second-order valence-electron chi connectivity index (χ2n) is 4.68. The lowest BCUT2D eigenvalue weighted by atomic mass is 10.1. The Bertz CT molecular complexity index is 737. The minimum atomic E-state index is -4.76. The first kappa shape index (κ1) is 14.9. The molecule has 3 rings (SSSR count). The van der Waals surface area contributed by atoms with Gasteiger partial charge in [0.15, 0.2) is 23.1 Å². The van der Waals surface area contributed by atoms with Crippen LogP contribution in [0.4, 0.5) is 26.3 Å². The van der Waals surface area contributed by atoms with Gasteiger partial charge in [0.2, 0.25) is 0 Å². The Balaban J connectivity index is 2.24. The second-order valence-corrected chi connectivity index (χ2v) is 4.68. The van der Waals surface area contributed by atoms with Crippen LogP contribution < -0.4 is 0 Å². The van der Waals surface area contributed by atoms with Crippen molar-refractivity contribution in [3.05, 3.63) is 46.5 Å². The highest BCUT2D eigenvalue weighted by Gasteiger charge is 2.40. The van der Waals surface area contributed by atoms with Gasteiger partial charge in [-0.3, -0.25) is 0 Å². The standard InChI is InChI=1S/C13H8F6N2O/c14-7-1-2-9(11(16)10(7)15)21-8-3-4-22-5-6(8)12(20-21)13(17,18)19/h1-2H,3-5H2. The van der Waals surface area contributed by atoms with E-state index in [1.807, 2.05) is 0 Å². The number of nitrogens with zero attached hydrogens (tertiary/aromatic N) is 2. The van der Waals surface area contributed by atoms with Crippen LogP contribution in [-0.2, 0) is 23.9 Å². The largest absolute Gasteiger partial charge is 0.435 e. The van der Waals surface area contributed by atoms with Gasteiger partial charge in [0.25, 0.3) is 0 Å². The predicted octanol–water partition coefficient (Wildman–Crippen LogP) is 3.38. The molecule has 0 amide bonds. The first-order valence-corrected chi connectivity index (χ1v) is 6.20. The molecule has 1 aromatic carbocycles. The third-order valence-corrected chi connectivity index (χ3v) is 3.33. The van der Waals surface area contributed by atoms with E-state index in [9.17, 15) is 26.3 Å². The Labute approximate surface area is 120 Å². The van der Waals surface area contributed by atoms with Crippen LogP contribution in [0.3, 0.4) is 0 Å². The van der Waals surface area contributed by atoms with Gasteiger partial charge in [-0.1, -0.05) is 0 Å². The smallest absolute Gasteiger partial charge is 0.376 e. The molecule has 0 N–H and O–H groups in total. The highest BCUT2D eigenvalue weighted by molar-refractivity contribution is 5.41. The summed E-state index contributed by atoms with van der Waals surface area (Å²) in [7, 11) is 0. The molecule has 0 atom stereocenters. The summed E-state index contributed by atoms with van der Waals surface area (Å²) in [6.07, 6.45) is -4.71. The fourth-order valence-corrected chi connectivity index (χ4v) is 2.34. The Morgan fingerprint density at radius 3 is 2.50 bits per heavy atom. The first-order valence-electron chi connectivity index (χ1n) is 6.20. The van der Waals surface area contributed by atoms with Gasteiger partial charge in [0.1, 0.15) is 5.69 Å². The van der Waals surface area contributed by atoms with Gasteiger partial charge < -0.3 is 4.74 Å². The Kier molecular flexibility index (Phi) is 3.39. The van der Waals surface area contributed by atoms with Crippen LogP contribution in [0.15, 0.2) is 12.1 Å². The van der Waals surface area contributed by atoms with Crippen LogP contribution in [0.5, 0.6) is 0 Å². The summed E-state index contributed by atoms with van der Waals surface area (Å²) in [5.74, 6) is -4.78. The lowest BCUT2D eigenvalue weighted by molar-refractivity contribution is -0.142. The van der Waals surface area contributed by atoms with Crippen molar-refractivity contribution < 1.29 is 31.1 Å². The van der Waals surface area contributed by atoms with E-state index in [2.05, 4.69) is 5.10 Å². The normalized spacial score (nSPS) is 15.0.